The number of allylic oxidation sites excluding steroid dienone is 2. The third-order valence-electron chi connectivity index (χ3n) is 16.0. The number of hydrogen-bond acceptors (Lipinski definition) is 8. The van der Waals surface area contributed by atoms with E-state index in [2.05, 4.69) is 46.9 Å². The molecule has 298 valence electrons. The Morgan fingerprint density at radius 2 is 1.50 bits per heavy atom. The highest BCUT2D eigenvalue weighted by molar-refractivity contribution is 5.96. The Kier molecular flexibility index (Phi) is 11.0. The first-order valence-corrected chi connectivity index (χ1v) is 20.4. The summed E-state index contributed by atoms with van der Waals surface area (Å²) in [6, 6.07) is 7.00. The van der Waals surface area contributed by atoms with Crippen LogP contribution in [0.15, 0.2) is 35.9 Å². The Hall–Kier alpha value is -3.24. The van der Waals surface area contributed by atoms with Crippen LogP contribution in [-0.4, -0.2) is 53.2 Å². The first kappa shape index (κ1) is 40.4. The van der Waals surface area contributed by atoms with Crippen molar-refractivity contribution in [3.63, 3.8) is 0 Å². The highest BCUT2D eigenvalue weighted by atomic mass is 16.6. The first-order valence-electron chi connectivity index (χ1n) is 20.4. The molecule has 4 saturated carbocycles. The van der Waals surface area contributed by atoms with Crippen LogP contribution in [0.3, 0.4) is 0 Å². The maximum absolute atomic E-state index is 14.6. The van der Waals surface area contributed by atoms with Crippen molar-refractivity contribution in [2.45, 2.75) is 138 Å². The lowest BCUT2D eigenvalue weighted by molar-refractivity contribution is -0.202. The third kappa shape index (κ3) is 6.92. The lowest BCUT2D eigenvalue weighted by atomic mass is 9.33. The molecule has 5 aliphatic rings. The number of benzene rings is 1. The smallest absolute Gasteiger partial charge is 0.311 e. The van der Waals surface area contributed by atoms with Gasteiger partial charge in [0.25, 0.3) is 0 Å². The molecule has 4 fully saturated rings. The molecular formula is C44H64N2O8. The van der Waals surface area contributed by atoms with E-state index in [1.54, 1.807) is 29.7 Å². The number of aliphatic hydroxyl groups excluding tert-OH is 1. The van der Waals surface area contributed by atoms with Crippen LogP contribution in [-0.2, 0) is 23.9 Å². The Morgan fingerprint density at radius 1 is 0.833 bits per heavy atom. The summed E-state index contributed by atoms with van der Waals surface area (Å²) in [7, 11) is 0. The Morgan fingerprint density at radius 3 is 2.19 bits per heavy atom. The van der Waals surface area contributed by atoms with Crippen LogP contribution in [0.1, 0.15) is 132 Å². The molecular weight excluding hydrogens is 684 g/mol. The minimum absolute atomic E-state index is 0.0276. The molecule has 1 aromatic carbocycles. The number of anilines is 1. The van der Waals surface area contributed by atoms with Gasteiger partial charge in [-0.25, -0.2) is 5.48 Å². The lowest BCUT2D eigenvalue weighted by Gasteiger charge is -2.70. The van der Waals surface area contributed by atoms with Crippen molar-refractivity contribution in [3.05, 3.63) is 35.9 Å². The van der Waals surface area contributed by atoms with Crippen molar-refractivity contribution in [2.24, 2.45) is 50.2 Å². The first-order chi connectivity index (χ1) is 25.3. The quantitative estimate of drug-likeness (QED) is 0.0771. The number of carbonyl (C=O) groups is 4. The summed E-state index contributed by atoms with van der Waals surface area (Å²) in [5, 5.41) is 22.4. The van der Waals surface area contributed by atoms with Crippen LogP contribution in [0, 0.1) is 50.2 Å². The van der Waals surface area contributed by atoms with E-state index in [-0.39, 0.29) is 88.7 Å². The second-order valence-electron chi connectivity index (χ2n) is 19.4. The molecule has 1 aromatic rings. The fourth-order valence-electron chi connectivity index (χ4n) is 12.3. The number of nitrogens with one attached hydrogen (secondary N) is 2. The number of unbranched alkanes of at least 4 members (excludes halogenated alkanes) is 1. The molecule has 54 heavy (non-hydrogen) atoms. The van der Waals surface area contributed by atoms with Crippen molar-refractivity contribution < 1.29 is 39.0 Å². The standard InChI is InChI=1S/C44H64N2O8/c1-39(2)33-16-19-44(7)37(42(33,5)18-17-34(39)48)32(47)26-30-31-27-41(4,21-20-40(31,3)22-23-43(30,44)6)38(51)54-25-24-53-29-14-12-28(13-15-29)45-35(49)10-8-9-11-36(50)46-52/h12-15,26,31,33-34,37,48,52H,8-11,16-25,27H2,1-7H3,(H,45,49)(H,46,50)/t31-,33-,34-,37+,40+,41-,42-,43+,44+/m0/s1. The van der Waals surface area contributed by atoms with E-state index in [9.17, 15) is 24.3 Å². The highest BCUT2D eigenvalue weighted by Gasteiger charge is 2.70. The number of ether oxygens (including phenoxy) is 2. The zero-order chi connectivity index (χ0) is 39.3. The fraction of sp³-hybridized carbons (Fsp3) is 0.727. The molecule has 0 heterocycles. The largest absolute Gasteiger partial charge is 0.490 e. The van der Waals surface area contributed by atoms with E-state index in [4.69, 9.17) is 14.7 Å². The van der Waals surface area contributed by atoms with Crippen LogP contribution < -0.4 is 15.5 Å². The number of fused-ring (bicyclic) bond motifs is 7. The van der Waals surface area contributed by atoms with Crippen molar-refractivity contribution in [3.8, 4) is 5.75 Å². The van der Waals surface area contributed by atoms with Gasteiger partial charge in [-0.15, -0.1) is 0 Å². The number of hydroxylamine groups is 1. The number of ketones is 1. The van der Waals surface area contributed by atoms with Gasteiger partial charge >= 0.3 is 5.97 Å². The summed E-state index contributed by atoms with van der Waals surface area (Å²) in [6.45, 7) is 16.3. The van der Waals surface area contributed by atoms with Gasteiger partial charge in [-0.2, -0.15) is 0 Å². The molecule has 0 radical (unpaired) electrons. The average Bonchev–Trinajstić information content (AvgIpc) is 3.12. The van der Waals surface area contributed by atoms with Gasteiger partial charge in [-0.05, 0) is 147 Å². The molecule has 9 atom stereocenters. The Bertz CT molecular complexity index is 1660. The summed E-state index contributed by atoms with van der Waals surface area (Å²) >= 11 is 0. The highest BCUT2D eigenvalue weighted by Crippen LogP contribution is 2.75. The minimum Gasteiger partial charge on any atom is -0.490 e. The molecule has 2 amide bonds. The number of hydrogen-bond donors (Lipinski definition) is 4. The maximum Gasteiger partial charge on any atom is 0.311 e. The molecule has 5 aliphatic carbocycles. The van der Waals surface area contributed by atoms with E-state index >= 15 is 0 Å². The van der Waals surface area contributed by atoms with Crippen LogP contribution in [0.25, 0.3) is 0 Å². The summed E-state index contributed by atoms with van der Waals surface area (Å²) in [6.07, 6.45) is 11.3. The second-order valence-corrected chi connectivity index (χ2v) is 19.4. The predicted octanol–water partition coefficient (Wildman–Crippen LogP) is 7.95. The van der Waals surface area contributed by atoms with E-state index in [0.29, 0.717) is 36.6 Å². The number of rotatable bonds is 11. The summed E-state index contributed by atoms with van der Waals surface area (Å²) in [4.78, 5) is 51.8. The van der Waals surface area contributed by atoms with Crippen LogP contribution in [0.2, 0.25) is 0 Å². The molecule has 4 N–H and O–H groups in total. The molecule has 0 bridgehead atoms. The lowest BCUT2D eigenvalue weighted by Crippen LogP contribution is -2.66. The van der Waals surface area contributed by atoms with Gasteiger partial charge in [0.1, 0.15) is 19.0 Å². The molecule has 0 unspecified atom stereocenters. The number of carbonyl (C=O) groups excluding carboxylic acids is 4. The zero-order valence-corrected chi connectivity index (χ0v) is 33.6. The zero-order valence-electron chi connectivity index (χ0n) is 33.6. The Labute approximate surface area is 321 Å². The monoisotopic (exact) mass is 748 g/mol. The van der Waals surface area contributed by atoms with Gasteiger partial charge in [0.15, 0.2) is 5.78 Å². The van der Waals surface area contributed by atoms with Gasteiger partial charge < -0.3 is 19.9 Å². The molecule has 6 rings (SSSR count). The minimum atomic E-state index is -0.664. The van der Waals surface area contributed by atoms with Gasteiger partial charge in [-0.3, -0.25) is 24.4 Å². The van der Waals surface area contributed by atoms with Gasteiger partial charge in [0.2, 0.25) is 11.8 Å². The van der Waals surface area contributed by atoms with Gasteiger partial charge in [0.05, 0.1) is 11.5 Å². The number of esters is 1. The van der Waals surface area contributed by atoms with E-state index in [0.717, 1.165) is 51.4 Å². The van der Waals surface area contributed by atoms with E-state index < -0.39 is 11.3 Å². The summed E-state index contributed by atoms with van der Waals surface area (Å²) in [5.41, 5.74) is 2.14. The van der Waals surface area contributed by atoms with Gasteiger partial charge in [-0.1, -0.05) is 47.1 Å². The molecule has 10 nitrogen and oxygen atoms in total. The summed E-state index contributed by atoms with van der Waals surface area (Å²) in [5.74, 6) is 0.366. The normalized spacial score (nSPS) is 38.0. The molecule has 0 aromatic heterocycles. The maximum atomic E-state index is 14.6. The van der Waals surface area contributed by atoms with Crippen LogP contribution >= 0.6 is 0 Å². The molecule has 0 saturated heterocycles. The average molecular weight is 749 g/mol. The predicted molar refractivity (Wildman–Crippen MR) is 205 cm³/mol. The molecule has 0 spiro atoms. The SMILES string of the molecule is CC1(C)[C@@H](O)CC[C@]2(C)[C@H]3C(=O)C=C4[C@@H]5C[C@@](C)(C(=O)OCCOc6ccc(NC(=O)CCCCC(=O)NO)cc6)CC[C@]5(C)CC[C@@]4(C)[C@]3(C)CC[C@@H]12. The van der Waals surface area contributed by atoms with E-state index in [1.165, 1.54) is 5.57 Å². The Balaban J connectivity index is 1.07. The van der Waals surface area contributed by atoms with Crippen LogP contribution in [0.4, 0.5) is 5.69 Å². The van der Waals surface area contributed by atoms with Crippen molar-refractivity contribution >= 4 is 29.3 Å². The molecule has 0 aliphatic heterocycles. The van der Waals surface area contributed by atoms with Crippen LogP contribution in [0.5, 0.6) is 5.75 Å². The van der Waals surface area contributed by atoms with Crippen molar-refractivity contribution in [1.29, 1.82) is 0 Å². The van der Waals surface area contributed by atoms with Gasteiger partial charge in [0, 0.05) is 24.4 Å². The van der Waals surface area contributed by atoms with Crippen molar-refractivity contribution in [1.82, 2.24) is 5.48 Å². The molecule has 10 heteroatoms. The third-order valence-corrected chi connectivity index (χ3v) is 16.0. The summed E-state index contributed by atoms with van der Waals surface area (Å²) < 4.78 is 11.7. The second kappa shape index (κ2) is 14.7. The topological polar surface area (TPSA) is 151 Å². The number of amides is 2. The number of aliphatic hydroxyl groups is 1. The fourth-order valence-corrected chi connectivity index (χ4v) is 12.3. The van der Waals surface area contributed by atoms with Crippen molar-refractivity contribution in [2.75, 3.05) is 18.5 Å². The van der Waals surface area contributed by atoms with E-state index in [1.807, 2.05) is 13.0 Å².